The highest BCUT2D eigenvalue weighted by molar-refractivity contribution is 7.13. The van der Waals surface area contributed by atoms with Gasteiger partial charge in [0.15, 0.2) is 0 Å². The molecule has 0 aliphatic heterocycles. The summed E-state index contributed by atoms with van der Waals surface area (Å²) >= 11 is 7.44. The predicted molar refractivity (Wildman–Crippen MR) is 165 cm³/mol. The summed E-state index contributed by atoms with van der Waals surface area (Å²) in [6.45, 7) is 9.86. The lowest BCUT2D eigenvalue weighted by molar-refractivity contribution is 0.0920. The van der Waals surface area contributed by atoms with E-state index in [1.807, 2.05) is 47.8 Å². The number of para-hydroxylation sites is 1. The van der Waals surface area contributed by atoms with Gasteiger partial charge in [-0.05, 0) is 61.4 Å². The highest BCUT2D eigenvalue weighted by Crippen LogP contribution is 2.31. The Morgan fingerprint density at radius 1 is 1.07 bits per heavy atom. The van der Waals surface area contributed by atoms with Crippen molar-refractivity contribution >= 4 is 28.8 Å². The molecule has 0 radical (unpaired) electrons. The fourth-order valence-corrected chi connectivity index (χ4v) is 5.79. The van der Waals surface area contributed by atoms with Crippen LogP contribution >= 0.6 is 22.9 Å². The first-order valence-corrected chi connectivity index (χ1v) is 15.0. The molecule has 4 aromatic rings. The Bertz CT molecular complexity index is 1530. The smallest absolute Gasteiger partial charge is 0.265 e. The van der Waals surface area contributed by atoms with Crippen molar-refractivity contribution in [2.45, 2.75) is 59.9 Å². The Labute approximate surface area is 244 Å². The number of nitrogens with zero attached hydrogens (tertiary/aromatic N) is 2. The molecule has 1 atom stereocenters. The van der Waals surface area contributed by atoms with Crippen molar-refractivity contribution in [3.05, 3.63) is 91.7 Å². The highest BCUT2D eigenvalue weighted by atomic mass is 35.5. The second-order valence-electron chi connectivity index (χ2n) is 10.4. The van der Waals surface area contributed by atoms with Gasteiger partial charge in [0.25, 0.3) is 11.5 Å². The first kappa shape index (κ1) is 29.7. The molecule has 0 aliphatic rings. The largest absolute Gasteiger partial charge is 0.394 e. The van der Waals surface area contributed by atoms with Gasteiger partial charge in [0, 0.05) is 27.7 Å². The van der Waals surface area contributed by atoms with E-state index in [0.29, 0.717) is 33.3 Å². The van der Waals surface area contributed by atoms with Crippen LogP contribution in [0.15, 0.2) is 58.7 Å². The molecule has 0 spiro atoms. The fourth-order valence-electron chi connectivity index (χ4n) is 4.83. The number of nitrogens with one attached hydrogen (secondary N) is 1. The summed E-state index contributed by atoms with van der Waals surface area (Å²) in [7, 11) is 0. The molecular formula is C32H36ClN3O3S. The number of aliphatic hydroxyl groups is 1. The maximum atomic E-state index is 14.5. The number of halogens is 1. The molecule has 2 N–H and O–H groups in total. The monoisotopic (exact) mass is 577 g/mol. The minimum Gasteiger partial charge on any atom is -0.394 e. The molecule has 210 valence electrons. The molecule has 40 heavy (non-hydrogen) atoms. The molecule has 0 fully saturated rings. The lowest BCUT2D eigenvalue weighted by Gasteiger charge is -2.24. The number of aromatic nitrogens is 2. The van der Waals surface area contributed by atoms with E-state index in [4.69, 9.17) is 16.6 Å². The quantitative estimate of drug-likeness (QED) is 0.219. The van der Waals surface area contributed by atoms with Crippen LogP contribution in [0.25, 0.3) is 27.5 Å². The molecule has 4 rings (SSSR count). The Morgan fingerprint density at radius 2 is 1.73 bits per heavy atom. The van der Waals surface area contributed by atoms with Crippen molar-refractivity contribution in [1.29, 1.82) is 0 Å². The van der Waals surface area contributed by atoms with Gasteiger partial charge in [0.05, 0.1) is 29.1 Å². The highest BCUT2D eigenvalue weighted by Gasteiger charge is 2.26. The number of thiazole rings is 1. The van der Waals surface area contributed by atoms with Crippen LogP contribution in [-0.4, -0.2) is 33.2 Å². The number of amides is 1. The zero-order valence-electron chi connectivity index (χ0n) is 23.6. The number of rotatable bonds is 10. The minimum absolute atomic E-state index is 0.187. The Morgan fingerprint density at radius 3 is 2.30 bits per heavy atom. The topological polar surface area (TPSA) is 84.2 Å². The summed E-state index contributed by atoms with van der Waals surface area (Å²) in [6.07, 6.45) is 2.00. The normalized spacial score (nSPS) is 12.1. The number of hydrogen-bond acceptors (Lipinski definition) is 5. The summed E-state index contributed by atoms with van der Waals surface area (Å²) in [6, 6.07) is 14.8. The van der Waals surface area contributed by atoms with Crippen molar-refractivity contribution < 1.29 is 9.90 Å². The molecule has 0 saturated heterocycles. The minimum atomic E-state index is -0.436. The standard InChI is InChI=1S/C32H36ClN3O3S/c1-6-21-9-8-10-22(7-2)29(21)36-28(15-19(3)4)25(30(38)34-20(5)17-37)16-26(32(36)39)31-35-27(18-40-31)23-11-13-24(33)14-12-23/h8-14,16,18-20,37H,6-7,15,17H2,1-5H3,(H,34,38)/t20-/m1/s1. The van der Waals surface area contributed by atoms with Gasteiger partial charge in [0.1, 0.15) is 5.01 Å². The third-order valence-corrected chi connectivity index (χ3v) is 7.99. The number of hydrogen-bond donors (Lipinski definition) is 2. The van der Waals surface area contributed by atoms with Crippen LogP contribution in [0.3, 0.4) is 0 Å². The lowest BCUT2D eigenvalue weighted by atomic mass is 9.97. The van der Waals surface area contributed by atoms with Crippen LogP contribution in [0.5, 0.6) is 0 Å². The molecule has 0 bridgehead atoms. The maximum Gasteiger partial charge on any atom is 0.265 e. The SMILES string of the molecule is CCc1cccc(CC)c1-n1c(CC(C)C)c(C(=O)N[C@H](C)CO)cc(-c2nc(-c3ccc(Cl)cc3)cs2)c1=O. The number of carbonyl (C=O) groups excluding carboxylic acids is 1. The summed E-state index contributed by atoms with van der Waals surface area (Å²) in [5.74, 6) is -0.137. The molecule has 1 amide bonds. The zero-order chi connectivity index (χ0) is 29.0. The van der Waals surface area contributed by atoms with E-state index in [-0.39, 0.29) is 24.0 Å². The summed E-state index contributed by atoms with van der Waals surface area (Å²) in [4.78, 5) is 33.0. The number of pyridine rings is 1. The molecule has 2 aromatic heterocycles. The van der Waals surface area contributed by atoms with Gasteiger partial charge in [-0.1, -0.05) is 69.6 Å². The van der Waals surface area contributed by atoms with Crippen LogP contribution in [-0.2, 0) is 19.3 Å². The van der Waals surface area contributed by atoms with Crippen molar-refractivity contribution in [2.24, 2.45) is 5.92 Å². The van der Waals surface area contributed by atoms with Crippen molar-refractivity contribution in [3.8, 4) is 27.5 Å². The molecule has 0 saturated carbocycles. The average Bonchev–Trinajstić information content (AvgIpc) is 3.43. The third-order valence-electron chi connectivity index (χ3n) is 6.86. The average molecular weight is 578 g/mol. The summed E-state index contributed by atoms with van der Waals surface area (Å²) in [5.41, 5.74) is 5.80. The number of aliphatic hydroxyl groups excluding tert-OH is 1. The second-order valence-corrected chi connectivity index (χ2v) is 11.7. The van der Waals surface area contributed by atoms with Crippen LogP contribution in [0.1, 0.15) is 61.8 Å². The van der Waals surface area contributed by atoms with E-state index >= 15 is 0 Å². The van der Waals surface area contributed by atoms with E-state index in [0.717, 1.165) is 40.9 Å². The fraction of sp³-hybridized carbons (Fsp3) is 0.344. The van der Waals surface area contributed by atoms with Gasteiger partial charge >= 0.3 is 0 Å². The summed E-state index contributed by atoms with van der Waals surface area (Å²) < 4.78 is 1.76. The zero-order valence-corrected chi connectivity index (χ0v) is 25.2. The third kappa shape index (κ3) is 6.22. The Balaban J connectivity index is 2.05. The molecule has 6 nitrogen and oxygen atoms in total. The number of carbonyl (C=O) groups is 1. The summed E-state index contributed by atoms with van der Waals surface area (Å²) in [5, 5.41) is 15.6. The molecule has 0 unspecified atom stereocenters. The van der Waals surface area contributed by atoms with E-state index in [2.05, 4.69) is 33.0 Å². The van der Waals surface area contributed by atoms with Crippen molar-refractivity contribution in [1.82, 2.24) is 14.9 Å². The molecule has 2 heterocycles. The van der Waals surface area contributed by atoms with E-state index in [1.54, 1.807) is 17.6 Å². The molecule has 8 heteroatoms. The molecule has 2 aromatic carbocycles. The van der Waals surface area contributed by atoms with Gasteiger partial charge in [-0.15, -0.1) is 11.3 Å². The van der Waals surface area contributed by atoms with Crippen LogP contribution in [0.2, 0.25) is 5.02 Å². The molecular weight excluding hydrogens is 542 g/mol. The maximum absolute atomic E-state index is 14.5. The van der Waals surface area contributed by atoms with Gasteiger partial charge < -0.3 is 10.4 Å². The first-order chi connectivity index (χ1) is 19.2. The van der Waals surface area contributed by atoms with Crippen molar-refractivity contribution in [3.63, 3.8) is 0 Å². The Kier molecular flexibility index (Phi) is 9.61. The lowest BCUT2D eigenvalue weighted by Crippen LogP contribution is -2.37. The number of aryl methyl sites for hydroxylation is 2. The van der Waals surface area contributed by atoms with Crippen molar-refractivity contribution in [2.75, 3.05) is 6.61 Å². The van der Waals surface area contributed by atoms with Gasteiger partial charge in [-0.2, -0.15) is 0 Å². The second kappa shape index (κ2) is 12.9. The Hall–Kier alpha value is -3.26. The predicted octanol–water partition coefficient (Wildman–Crippen LogP) is 6.72. The number of benzene rings is 2. The first-order valence-electron chi connectivity index (χ1n) is 13.7. The van der Waals surface area contributed by atoms with Gasteiger partial charge in [0.2, 0.25) is 0 Å². The van der Waals surface area contributed by atoms with E-state index in [1.165, 1.54) is 11.3 Å². The van der Waals surface area contributed by atoms with E-state index < -0.39 is 6.04 Å². The van der Waals surface area contributed by atoms with Crippen LogP contribution in [0, 0.1) is 5.92 Å². The van der Waals surface area contributed by atoms with Gasteiger partial charge in [-0.3, -0.25) is 14.2 Å². The van der Waals surface area contributed by atoms with Crippen LogP contribution < -0.4 is 10.9 Å². The molecule has 0 aliphatic carbocycles. The van der Waals surface area contributed by atoms with E-state index in [9.17, 15) is 14.7 Å². The van der Waals surface area contributed by atoms with Gasteiger partial charge in [-0.25, -0.2) is 4.98 Å². The van der Waals surface area contributed by atoms with Crippen LogP contribution in [0.4, 0.5) is 0 Å².